The number of hydrogen-bond donors (Lipinski definition) is 0. The lowest BCUT2D eigenvalue weighted by Gasteiger charge is -2.21. The summed E-state index contributed by atoms with van der Waals surface area (Å²) < 4.78 is 5.26. The second-order valence-electron chi connectivity index (χ2n) is 5.73. The summed E-state index contributed by atoms with van der Waals surface area (Å²) in [6.07, 6.45) is 7.15. The topological polar surface area (TPSA) is 43.4 Å². The summed E-state index contributed by atoms with van der Waals surface area (Å²) in [5.74, 6) is -0.190. The Morgan fingerprint density at radius 1 is 1.10 bits per heavy atom. The quantitative estimate of drug-likeness (QED) is 0.442. The van der Waals surface area contributed by atoms with Crippen molar-refractivity contribution in [3.05, 3.63) is 35.4 Å². The van der Waals surface area contributed by atoms with E-state index >= 15 is 0 Å². The molecule has 114 valence electrons. The highest BCUT2D eigenvalue weighted by Crippen LogP contribution is 2.28. The Morgan fingerprint density at radius 3 is 2.43 bits per heavy atom. The fourth-order valence-corrected chi connectivity index (χ4v) is 2.85. The van der Waals surface area contributed by atoms with Gasteiger partial charge >= 0.3 is 5.97 Å². The molecule has 3 nitrogen and oxygen atoms in total. The molecule has 0 amide bonds. The van der Waals surface area contributed by atoms with Crippen LogP contribution in [0.4, 0.5) is 0 Å². The molecule has 1 fully saturated rings. The minimum absolute atomic E-state index is 0.0725. The van der Waals surface area contributed by atoms with Gasteiger partial charge in [-0.2, -0.15) is 0 Å². The van der Waals surface area contributed by atoms with Crippen LogP contribution in [0.3, 0.4) is 0 Å². The molecule has 0 aromatic heterocycles. The number of carbonyl (C=O) groups is 2. The number of ether oxygens (including phenoxy) is 1. The molecule has 0 unspecified atom stereocenters. The first-order valence-electron chi connectivity index (χ1n) is 8.04. The minimum Gasteiger partial charge on any atom is -0.462 e. The van der Waals surface area contributed by atoms with Crippen molar-refractivity contribution in [2.45, 2.75) is 51.9 Å². The van der Waals surface area contributed by atoms with Crippen molar-refractivity contribution in [2.75, 3.05) is 6.61 Å². The van der Waals surface area contributed by atoms with Crippen LogP contribution in [0.25, 0.3) is 0 Å². The van der Waals surface area contributed by atoms with Gasteiger partial charge in [-0.3, -0.25) is 4.79 Å². The zero-order valence-electron chi connectivity index (χ0n) is 12.8. The molecule has 1 aromatic rings. The first-order valence-corrected chi connectivity index (χ1v) is 8.04. The molecule has 1 aliphatic carbocycles. The number of esters is 1. The molecule has 1 saturated carbocycles. The van der Waals surface area contributed by atoms with Crippen molar-refractivity contribution >= 4 is 11.8 Å². The van der Waals surface area contributed by atoms with Crippen LogP contribution < -0.4 is 0 Å². The maximum absolute atomic E-state index is 12.6. The van der Waals surface area contributed by atoms with Crippen molar-refractivity contribution in [1.29, 1.82) is 0 Å². The molecule has 3 heteroatoms. The van der Waals surface area contributed by atoms with Crippen LogP contribution in [0.1, 0.15) is 72.6 Å². The standard InChI is InChI=1S/C18H24O3/c1-2-3-13-21-18(20)16-12-8-7-11-15(16)17(19)14-9-5-4-6-10-14/h7-8,11-12,14H,2-6,9-10,13H2,1H3. The Bertz CT molecular complexity index is 487. The van der Waals surface area contributed by atoms with Crippen LogP contribution in [0.5, 0.6) is 0 Å². The zero-order chi connectivity index (χ0) is 15.1. The summed E-state index contributed by atoms with van der Waals surface area (Å²) in [7, 11) is 0. The van der Waals surface area contributed by atoms with Crippen molar-refractivity contribution in [1.82, 2.24) is 0 Å². The van der Waals surface area contributed by atoms with E-state index < -0.39 is 0 Å². The summed E-state index contributed by atoms with van der Waals surface area (Å²) in [5, 5.41) is 0. The van der Waals surface area contributed by atoms with E-state index in [1.807, 2.05) is 13.0 Å². The van der Waals surface area contributed by atoms with Crippen LogP contribution >= 0.6 is 0 Å². The Hall–Kier alpha value is -1.64. The van der Waals surface area contributed by atoms with E-state index in [4.69, 9.17) is 4.74 Å². The average molecular weight is 288 g/mol. The Morgan fingerprint density at radius 2 is 1.76 bits per heavy atom. The maximum Gasteiger partial charge on any atom is 0.338 e. The predicted molar refractivity (Wildman–Crippen MR) is 82.5 cm³/mol. The second kappa shape index (κ2) is 7.96. The molecular weight excluding hydrogens is 264 g/mol. The first kappa shape index (κ1) is 15.7. The highest BCUT2D eigenvalue weighted by Gasteiger charge is 2.26. The minimum atomic E-state index is -0.372. The summed E-state index contributed by atoms with van der Waals surface area (Å²) >= 11 is 0. The lowest BCUT2D eigenvalue weighted by atomic mass is 9.83. The Kier molecular flexibility index (Phi) is 5.97. The predicted octanol–water partition coefficient (Wildman–Crippen LogP) is 4.41. The van der Waals surface area contributed by atoms with Crippen LogP contribution in [0.2, 0.25) is 0 Å². The molecule has 0 bridgehead atoms. The maximum atomic E-state index is 12.6. The molecule has 1 aromatic carbocycles. The van der Waals surface area contributed by atoms with Crippen LogP contribution in [-0.4, -0.2) is 18.4 Å². The smallest absolute Gasteiger partial charge is 0.338 e. The van der Waals surface area contributed by atoms with E-state index in [2.05, 4.69) is 0 Å². The molecule has 0 saturated heterocycles. The lowest BCUT2D eigenvalue weighted by Crippen LogP contribution is -2.21. The third-order valence-corrected chi connectivity index (χ3v) is 4.12. The molecule has 2 rings (SSSR count). The number of carbonyl (C=O) groups excluding carboxylic acids is 2. The number of hydrogen-bond acceptors (Lipinski definition) is 3. The van der Waals surface area contributed by atoms with Crippen molar-refractivity contribution in [3.63, 3.8) is 0 Å². The van der Waals surface area contributed by atoms with Crippen molar-refractivity contribution in [2.24, 2.45) is 5.92 Å². The van der Waals surface area contributed by atoms with Gasteiger partial charge in [0.2, 0.25) is 0 Å². The fourth-order valence-electron chi connectivity index (χ4n) is 2.85. The highest BCUT2D eigenvalue weighted by molar-refractivity contribution is 6.07. The monoisotopic (exact) mass is 288 g/mol. The van der Waals surface area contributed by atoms with Crippen LogP contribution in [0.15, 0.2) is 24.3 Å². The molecule has 0 atom stereocenters. The molecule has 0 aliphatic heterocycles. The van der Waals surface area contributed by atoms with Crippen LogP contribution in [-0.2, 0) is 4.74 Å². The molecule has 0 radical (unpaired) electrons. The fraction of sp³-hybridized carbons (Fsp3) is 0.556. The van der Waals surface area contributed by atoms with Gasteiger partial charge in [0.15, 0.2) is 5.78 Å². The molecule has 0 spiro atoms. The van der Waals surface area contributed by atoms with E-state index in [0.717, 1.165) is 38.5 Å². The van der Waals surface area contributed by atoms with Crippen molar-refractivity contribution < 1.29 is 14.3 Å². The van der Waals surface area contributed by atoms with Gasteiger partial charge in [0, 0.05) is 11.5 Å². The number of Topliss-reactive ketones (excluding diaryl/α,β-unsaturated/α-hetero) is 1. The largest absolute Gasteiger partial charge is 0.462 e. The summed E-state index contributed by atoms with van der Waals surface area (Å²) in [6.45, 7) is 2.47. The van der Waals surface area contributed by atoms with E-state index in [9.17, 15) is 9.59 Å². The van der Waals surface area contributed by atoms with E-state index in [1.54, 1.807) is 18.2 Å². The number of ketones is 1. The molecule has 0 N–H and O–H groups in total. The molecule has 0 heterocycles. The number of benzene rings is 1. The van der Waals surface area contributed by atoms with Crippen molar-refractivity contribution in [3.8, 4) is 0 Å². The van der Waals surface area contributed by atoms with E-state index in [1.165, 1.54) is 6.42 Å². The van der Waals surface area contributed by atoms with Gasteiger partial charge in [-0.05, 0) is 25.3 Å². The molecular formula is C18H24O3. The molecule has 1 aliphatic rings. The van der Waals surface area contributed by atoms with E-state index in [-0.39, 0.29) is 17.7 Å². The summed E-state index contributed by atoms with van der Waals surface area (Å²) in [5.41, 5.74) is 0.954. The number of rotatable bonds is 6. The first-order chi connectivity index (χ1) is 10.2. The average Bonchev–Trinajstić information content (AvgIpc) is 2.55. The van der Waals surface area contributed by atoms with Gasteiger partial charge in [-0.1, -0.05) is 50.8 Å². The summed E-state index contributed by atoms with van der Waals surface area (Å²) in [6, 6.07) is 7.06. The highest BCUT2D eigenvalue weighted by atomic mass is 16.5. The van der Waals surface area contributed by atoms with Gasteiger partial charge in [0.1, 0.15) is 0 Å². The van der Waals surface area contributed by atoms with Gasteiger partial charge in [-0.15, -0.1) is 0 Å². The third kappa shape index (κ3) is 4.16. The van der Waals surface area contributed by atoms with Gasteiger partial charge in [-0.25, -0.2) is 4.79 Å². The van der Waals surface area contributed by atoms with Crippen LogP contribution in [0, 0.1) is 5.92 Å². The van der Waals surface area contributed by atoms with E-state index in [0.29, 0.717) is 17.7 Å². The summed E-state index contributed by atoms with van der Waals surface area (Å²) in [4.78, 5) is 24.8. The zero-order valence-corrected chi connectivity index (χ0v) is 12.8. The van der Waals surface area contributed by atoms with Gasteiger partial charge in [0.25, 0.3) is 0 Å². The number of unbranched alkanes of at least 4 members (excludes halogenated alkanes) is 1. The Labute approximate surface area is 126 Å². The molecule has 21 heavy (non-hydrogen) atoms. The third-order valence-electron chi connectivity index (χ3n) is 4.12. The Balaban J connectivity index is 2.12. The SMILES string of the molecule is CCCCOC(=O)c1ccccc1C(=O)C1CCCCC1. The van der Waals surface area contributed by atoms with Gasteiger partial charge in [0.05, 0.1) is 12.2 Å². The van der Waals surface area contributed by atoms with Gasteiger partial charge < -0.3 is 4.74 Å². The lowest BCUT2D eigenvalue weighted by molar-refractivity contribution is 0.0495. The normalized spacial score (nSPS) is 15.7. The second-order valence-corrected chi connectivity index (χ2v) is 5.73.